The van der Waals surface area contributed by atoms with Crippen LogP contribution in [0.25, 0.3) is 6.08 Å². The molecule has 0 heterocycles. The zero-order chi connectivity index (χ0) is 8.27. The normalized spacial score (nSPS) is 12.0. The average molecular weight is 162 g/mol. The first-order chi connectivity index (χ1) is 5.20. The quantitative estimate of drug-likeness (QED) is 0.552. The summed E-state index contributed by atoms with van der Waals surface area (Å²) < 4.78 is 0. The Morgan fingerprint density at radius 2 is 2.00 bits per heavy atom. The first-order valence-electron chi connectivity index (χ1n) is 3.90. The van der Waals surface area contributed by atoms with E-state index in [2.05, 4.69) is 44.2 Å². The number of allylic oxidation sites excluding steroid dienone is 1. The fraction of sp³-hybridized carbons (Fsp3) is 0.200. The van der Waals surface area contributed by atoms with Gasteiger partial charge in [0.2, 0.25) is 0 Å². The van der Waals surface area contributed by atoms with Crippen LogP contribution in [0, 0.1) is 6.92 Å². The topological polar surface area (TPSA) is 0 Å². The minimum Gasteiger partial charge on any atom is -0.0942 e. The minimum atomic E-state index is 1.16. The number of hydrogen-bond donors (Lipinski definition) is 0. The van der Waals surface area contributed by atoms with Gasteiger partial charge in [0.1, 0.15) is 0 Å². The predicted molar refractivity (Wildman–Crippen MR) is 54.8 cm³/mol. The molecule has 1 rings (SSSR count). The number of benzene rings is 1. The van der Waals surface area contributed by atoms with Gasteiger partial charge in [-0.3, -0.25) is 0 Å². The molecule has 1 heteroatoms. The number of aryl methyl sites for hydroxylation is 1. The van der Waals surface area contributed by atoms with Crippen LogP contribution in [0.4, 0.5) is 0 Å². The van der Waals surface area contributed by atoms with E-state index in [4.69, 9.17) is 0 Å². The Balaban J connectivity index is 3.04. The second-order valence-corrected chi connectivity index (χ2v) is 4.66. The summed E-state index contributed by atoms with van der Waals surface area (Å²) in [6, 6.07) is 8.48. The van der Waals surface area contributed by atoms with E-state index in [1.165, 1.54) is 16.3 Å². The van der Waals surface area contributed by atoms with Crippen LogP contribution in [0.3, 0.4) is 0 Å². The molecule has 0 nitrogen and oxygen atoms in total. The molecule has 0 atom stereocenters. The Labute approximate surface area is 71.4 Å². The lowest BCUT2D eigenvalue weighted by Crippen LogP contribution is -1.80. The van der Waals surface area contributed by atoms with Crippen molar-refractivity contribution >= 4 is 16.3 Å². The van der Waals surface area contributed by atoms with Gasteiger partial charge in [0, 0.05) is 10.2 Å². The summed E-state index contributed by atoms with van der Waals surface area (Å²) in [4.78, 5) is 0. The molecule has 0 N–H and O–H groups in total. The number of rotatable bonds is 1. The van der Waals surface area contributed by atoms with Crippen LogP contribution >= 0.6 is 0 Å². The van der Waals surface area contributed by atoms with Crippen LogP contribution in [0.1, 0.15) is 18.1 Å². The Morgan fingerprint density at radius 1 is 1.36 bits per heavy atom. The van der Waals surface area contributed by atoms with Crippen molar-refractivity contribution in [2.75, 3.05) is 0 Å². The smallest absolute Gasteiger partial charge is 0.0329 e. The molecular formula is C10H14Si. The van der Waals surface area contributed by atoms with Gasteiger partial charge in [-0.1, -0.05) is 35.5 Å². The lowest BCUT2D eigenvalue weighted by Gasteiger charge is -1.98. The minimum absolute atomic E-state index is 1.16. The van der Waals surface area contributed by atoms with E-state index in [0.29, 0.717) is 0 Å². The van der Waals surface area contributed by atoms with Gasteiger partial charge in [0.15, 0.2) is 0 Å². The van der Waals surface area contributed by atoms with E-state index in [9.17, 15) is 0 Å². The van der Waals surface area contributed by atoms with E-state index < -0.39 is 0 Å². The van der Waals surface area contributed by atoms with Crippen molar-refractivity contribution in [3.63, 3.8) is 0 Å². The highest BCUT2D eigenvalue weighted by atomic mass is 28.1. The van der Waals surface area contributed by atoms with Crippen LogP contribution in [0.5, 0.6) is 0 Å². The molecule has 0 spiro atoms. The van der Waals surface area contributed by atoms with Crippen molar-refractivity contribution in [2.24, 2.45) is 0 Å². The second-order valence-electron chi connectivity index (χ2n) is 3.08. The molecule has 1 aromatic carbocycles. The van der Waals surface area contributed by atoms with E-state index in [1.54, 1.807) is 0 Å². The zero-order valence-corrected chi connectivity index (χ0v) is 9.39. The van der Waals surface area contributed by atoms with Gasteiger partial charge < -0.3 is 0 Å². The van der Waals surface area contributed by atoms with Crippen LogP contribution in [-0.2, 0) is 0 Å². The predicted octanol–water partition coefficient (Wildman–Crippen LogP) is 1.72. The van der Waals surface area contributed by atoms with Crippen molar-refractivity contribution in [2.45, 2.75) is 13.8 Å². The Morgan fingerprint density at radius 3 is 2.55 bits per heavy atom. The Hall–Kier alpha value is -0.823. The maximum absolute atomic E-state index is 2.27. The van der Waals surface area contributed by atoms with E-state index in [0.717, 1.165) is 10.2 Å². The first kappa shape index (κ1) is 8.28. The lowest BCUT2D eigenvalue weighted by molar-refractivity contribution is 1.44. The molecule has 58 valence electrons. The first-order valence-corrected chi connectivity index (χ1v) is 4.90. The summed E-state index contributed by atoms with van der Waals surface area (Å²) in [5, 5.41) is 1.49. The highest BCUT2D eigenvalue weighted by Gasteiger charge is 1.90. The summed E-state index contributed by atoms with van der Waals surface area (Å²) in [7, 11) is 1.16. The molecule has 0 saturated carbocycles. The molecule has 0 bridgehead atoms. The van der Waals surface area contributed by atoms with Crippen LogP contribution < -0.4 is 0 Å². The summed E-state index contributed by atoms with van der Waals surface area (Å²) in [5.74, 6) is 0. The summed E-state index contributed by atoms with van der Waals surface area (Å²) in [5.41, 5.74) is 2.72. The second kappa shape index (κ2) is 3.53. The van der Waals surface area contributed by atoms with E-state index in [1.807, 2.05) is 0 Å². The van der Waals surface area contributed by atoms with Gasteiger partial charge in [-0.05, 0) is 25.0 Å². The lowest BCUT2D eigenvalue weighted by atomic mass is 10.1. The summed E-state index contributed by atoms with van der Waals surface area (Å²) >= 11 is 0. The van der Waals surface area contributed by atoms with Crippen molar-refractivity contribution in [1.82, 2.24) is 0 Å². The molecule has 11 heavy (non-hydrogen) atoms. The third-order valence-corrected chi connectivity index (χ3v) is 1.92. The average Bonchev–Trinajstić information content (AvgIpc) is 1.93. The van der Waals surface area contributed by atoms with Crippen LogP contribution in [0.15, 0.2) is 29.5 Å². The fourth-order valence-electron chi connectivity index (χ4n) is 1.06. The van der Waals surface area contributed by atoms with Gasteiger partial charge in [-0.2, -0.15) is 0 Å². The van der Waals surface area contributed by atoms with Gasteiger partial charge in [-0.25, -0.2) is 0 Å². The maximum Gasteiger partial charge on any atom is 0.0329 e. The highest BCUT2D eigenvalue weighted by molar-refractivity contribution is 6.23. The van der Waals surface area contributed by atoms with Crippen molar-refractivity contribution in [1.29, 1.82) is 0 Å². The third kappa shape index (κ3) is 2.35. The molecule has 1 aromatic rings. The SMILES string of the molecule is CC([SiH3])=Cc1ccccc1C. The molecular weight excluding hydrogens is 148 g/mol. The number of hydrogen-bond acceptors (Lipinski definition) is 0. The van der Waals surface area contributed by atoms with Crippen molar-refractivity contribution < 1.29 is 0 Å². The largest absolute Gasteiger partial charge is 0.0942 e. The van der Waals surface area contributed by atoms with Gasteiger partial charge in [0.25, 0.3) is 0 Å². The van der Waals surface area contributed by atoms with Gasteiger partial charge >= 0.3 is 0 Å². The standard InChI is InChI=1S/C10H14Si/c1-8-5-3-4-6-10(8)7-9(2)11/h3-7H,1-2,11H3. The fourth-order valence-corrected chi connectivity index (χ4v) is 1.37. The van der Waals surface area contributed by atoms with Gasteiger partial charge in [0.05, 0.1) is 0 Å². The molecule has 0 unspecified atom stereocenters. The molecule has 0 radical (unpaired) electrons. The van der Waals surface area contributed by atoms with Crippen LogP contribution in [0.2, 0.25) is 0 Å². The third-order valence-electron chi connectivity index (χ3n) is 1.63. The summed E-state index contributed by atoms with van der Waals surface area (Å²) in [6.45, 7) is 4.33. The molecule has 0 amide bonds. The molecule has 0 aliphatic carbocycles. The Bertz CT molecular complexity index is 270. The molecule has 0 fully saturated rings. The highest BCUT2D eigenvalue weighted by Crippen LogP contribution is 2.09. The molecule has 0 aliphatic rings. The molecule has 0 aliphatic heterocycles. The van der Waals surface area contributed by atoms with Crippen molar-refractivity contribution in [3.8, 4) is 0 Å². The van der Waals surface area contributed by atoms with Gasteiger partial charge in [-0.15, -0.1) is 0 Å². The summed E-state index contributed by atoms with van der Waals surface area (Å²) in [6.07, 6.45) is 2.27. The van der Waals surface area contributed by atoms with E-state index >= 15 is 0 Å². The van der Waals surface area contributed by atoms with Crippen LogP contribution in [-0.4, -0.2) is 10.2 Å². The monoisotopic (exact) mass is 162 g/mol. The molecule has 0 aromatic heterocycles. The molecule has 0 saturated heterocycles. The Kier molecular flexibility index (Phi) is 2.66. The van der Waals surface area contributed by atoms with Crippen molar-refractivity contribution in [3.05, 3.63) is 40.6 Å². The zero-order valence-electron chi connectivity index (χ0n) is 7.39. The van der Waals surface area contributed by atoms with E-state index in [-0.39, 0.29) is 0 Å². The maximum atomic E-state index is 2.27.